The zero-order valence-electron chi connectivity index (χ0n) is 8.33. The number of rotatable bonds is 2. The first-order valence-electron chi connectivity index (χ1n) is 4.14. The van der Waals surface area contributed by atoms with Crippen LogP contribution < -0.4 is 5.32 Å². The first-order valence-corrected chi connectivity index (χ1v) is 4.14. The van der Waals surface area contributed by atoms with Crippen LogP contribution in [0.3, 0.4) is 0 Å². The van der Waals surface area contributed by atoms with E-state index in [4.69, 9.17) is 0 Å². The lowest BCUT2D eigenvalue weighted by molar-refractivity contribution is 1.04. The predicted octanol–water partition coefficient (Wildman–Crippen LogP) is 1.72. The molecule has 0 spiro atoms. The van der Waals surface area contributed by atoms with E-state index in [1.807, 2.05) is 13.2 Å². The Morgan fingerprint density at radius 3 is 2.62 bits per heavy atom. The molecule has 0 bridgehead atoms. The van der Waals surface area contributed by atoms with Gasteiger partial charge in [0.05, 0.1) is 0 Å². The highest BCUT2D eigenvalue weighted by molar-refractivity contribution is 5.40. The summed E-state index contributed by atoms with van der Waals surface area (Å²) in [6.45, 7) is 3.74. The molecule has 0 saturated heterocycles. The topological polar surface area (TPSA) is 37.8 Å². The monoisotopic (exact) mass is 177 g/mol. The summed E-state index contributed by atoms with van der Waals surface area (Å²) in [5, 5.41) is 3.00. The van der Waals surface area contributed by atoms with E-state index < -0.39 is 0 Å². The molecule has 70 valence electrons. The summed E-state index contributed by atoms with van der Waals surface area (Å²) in [4.78, 5) is 7.96. The van der Waals surface area contributed by atoms with Gasteiger partial charge in [-0.15, -0.1) is 12.3 Å². The van der Waals surface area contributed by atoms with Crippen LogP contribution >= 0.6 is 0 Å². The maximum Gasteiger partial charge on any atom is 0.132 e. The average molecular weight is 177 g/mol. The molecule has 1 aromatic rings. The summed E-state index contributed by atoms with van der Waals surface area (Å²) in [7, 11) is 1.86. The number of nitrogens with one attached hydrogen (secondary N) is 1. The number of aromatic nitrogens is 2. The fourth-order valence-electron chi connectivity index (χ4n) is 0.842. The van der Waals surface area contributed by atoms with Gasteiger partial charge in [-0.25, -0.2) is 9.97 Å². The SMILES string of the molecule is C#CC.CCc1cncnc1NC. The van der Waals surface area contributed by atoms with Gasteiger partial charge in [0.25, 0.3) is 0 Å². The molecule has 1 N–H and O–H groups in total. The van der Waals surface area contributed by atoms with Gasteiger partial charge in [0.1, 0.15) is 12.1 Å². The van der Waals surface area contributed by atoms with Gasteiger partial charge in [0, 0.05) is 18.8 Å². The van der Waals surface area contributed by atoms with Crippen molar-refractivity contribution >= 4 is 5.82 Å². The summed E-state index contributed by atoms with van der Waals surface area (Å²) < 4.78 is 0. The molecule has 0 atom stereocenters. The van der Waals surface area contributed by atoms with Crippen LogP contribution in [0.25, 0.3) is 0 Å². The highest BCUT2D eigenvalue weighted by Crippen LogP contribution is 2.08. The average Bonchev–Trinajstić information content (AvgIpc) is 2.19. The normalized spacial score (nSPS) is 7.85. The van der Waals surface area contributed by atoms with Crippen molar-refractivity contribution in [2.45, 2.75) is 20.3 Å². The van der Waals surface area contributed by atoms with Crippen LogP contribution in [0.5, 0.6) is 0 Å². The van der Waals surface area contributed by atoms with Crippen LogP contribution in [0.2, 0.25) is 0 Å². The largest absolute Gasteiger partial charge is 0.373 e. The summed E-state index contributed by atoms with van der Waals surface area (Å²) in [5.74, 6) is 3.18. The van der Waals surface area contributed by atoms with Crippen LogP contribution in [-0.2, 0) is 6.42 Å². The van der Waals surface area contributed by atoms with Gasteiger partial charge in [-0.3, -0.25) is 0 Å². The molecule has 0 fully saturated rings. The number of hydrogen-bond donors (Lipinski definition) is 1. The van der Waals surface area contributed by atoms with Crippen molar-refractivity contribution in [3.8, 4) is 12.3 Å². The zero-order valence-corrected chi connectivity index (χ0v) is 8.33. The fourth-order valence-corrected chi connectivity index (χ4v) is 0.842. The van der Waals surface area contributed by atoms with Crippen LogP contribution in [0.1, 0.15) is 19.4 Å². The van der Waals surface area contributed by atoms with Crippen molar-refractivity contribution in [2.24, 2.45) is 0 Å². The molecule has 0 saturated carbocycles. The minimum atomic E-state index is 0.928. The molecule has 0 aliphatic carbocycles. The van der Waals surface area contributed by atoms with Crippen molar-refractivity contribution in [1.29, 1.82) is 0 Å². The molecular weight excluding hydrogens is 162 g/mol. The molecule has 3 heteroatoms. The van der Waals surface area contributed by atoms with Gasteiger partial charge < -0.3 is 5.32 Å². The number of hydrogen-bond acceptors (Lipinski definition) is 3. The Labute approximate surface area is 79.6 Å². The third kappa shape index (κ3) is 4.12. The van der Waals surface area contributed by atoms with Crippen LogP contribution in [0.15, 0.2) is 12.5 Å². The second kappa shape index (κ2) is 7.11. The van der Waals surface area contributed by atoms with Crippen molar-refractivity contribution < 1.29 is 0 Å². The Bertz CT molecular complexity index is 253. The highest BCUT2D eigenvalue weighted by Gasteiger charge is 1.96. The molecule has 0 aliphatic rings. The molecule has 0 unspecified atom stereocenters. The fraction of sp³-hybridized carbons (Fsp3) is 0.400. The Morgan fingerprint density at radius 1 is 1.62 bits per heavy atom. The molecule has 3 nitrogen and oxygen atoms in total. The molecule has 0 radical (unpaired) electrons. The lowest BCUT2D eigenvalue weighted by Gasteiger charge is -2.02. The second-order valence-corrected chi connectivity index (χ2v) is 2.29. The van der Waals surface area contributed by atoms with Crippen molar-refractivity contribution in [3.63, 3.8) is 0 Å². The highest BCUT2D eigenvalue weighted by atomic mass is 15.0. The number of aryl methyl sites for hydroxylation is 1. The van der Waals surface area contributed by atoms with E-state index in [1.54, 1.807) is 13.3 Å². The Hall–Kier alpha value is -1.56. The Kier molecular flexibility index (Phi) is 6.26. The van der Waals surface area contributed by atoms with Gasteiger partial charge in [-0.05, 0) is 13.3 Å². The molecule has 0 aliphatic heterocycles. The molecule has 1 rings (SSSR count). The summed E-state index contributed by atoms with van der Waals surface area (Å²) in [6.07, 6.45) is 8.95. The van der Waals surface area contributed by atoms with Gasteiger partial charge >= 0.3 is 0 Å². The van der Waals surface area contributed by atoms with Crippen molar-refractivity contribution in [1.82, 2.24) is 9.97 Å². The number of terminal acetylenes is 1. The maximum atomic E-state index is 4.60. The predicted molar refractivity (Wildman–Crippen MR) is 55.5 cm³/mol. The van der Waals surface area contributed by atoms with Crippen molar-refractivity contribution in [2.75, 3.05) is 12.4 Å². The van der Waals surface area contributed by atoms with Crippen LogP contribution in [0, 0.1) is 12.3 Å². The quantitative estimate of drug-likeness (QED) is 0.699. The molecule has 1 heterocycles. The Balaban J connectivity index is 0.000000424. The van der Waals surface area contributed by atoms with E-state index in [9.17, 15) is 0 Å². The minimum absolute atomic E-state index is 0.928. The first-order chi connectivity index (χ1) is 6.29. The van der Waals surface area contributed by atoms with E-state index >= 15 is 0 Å². The smallest absolute Gasteiger partial charge is 0.132 e. The van der Waals surface area contributed by atoms with Gasteiger partial charge in [0.2, 0.25) is 0 Å². The number of anilines is 1. The first kappa shape index (κ1) is 11.4. The number of nitrogens with zero attached hydrogens (tertiary/aromatic N) is 2. The lowest BCUT2D eigenvalue weighted by atomic mass is 10.2. The van der Waals surface area contributed by atoms with Crippen LogP contribution in [-0.4, -0.2) is 17.0 Å². The van der Waals surface area contributed by atoms with Gasteiger partial charge in [-0.2, -0.15) is 0 Å². The van der Waals surface area contributed by atoms with E-state index in [-0.39, 0.29) is 0 Å². The third-order valence-electron chi connectivity index (χ3n) is 1.41. The van der Waals surface area contributed by atoms with E-state index in [2.05, 4.69) is 34.6 Å². The standard InChI is InChI=1S/C7H11N3.C3H4/c1-3-6-4-9-5-10-7(6)8-2;1-3-2/h4-5H,3H2,1-2H3,(H,8,9,10);1H,2H3. The lowest BCUT2D eigenvalue weighted by Crippen LogP contribution is -1.97. The molecular formula is C10H15N3. The molecule has 1 aromatic heterocycles. The zero-order chi connectivity index (χ0) is 10.1. The summed E-state index contributed by atoms with van der Waals surface area (Å²) >= 11 is 0. The van der Waals surface area contributed by atoms with Crippen LogP contribution in [0.4, 0.5) is 5.82 Å². The molecule has 13 heavy (non-hydrogen) atoms. The Morgan fingerprint density at radius 2 is 2.23 bits per heavy atom. The third-order valence-corrected chi connectivity index (χ3v) is 1.41. The second-order valence-electron chi connectivity index (χ2n) is 2.29. The minimum Gasteiger partial charge on any atom is -0.373 e. The molecule has 0 aromatic carbocycles. The van der Waals surface area contributed by atoms with Crippen molar-refractivity contribution in [3.05, 3.63) is 18.1 Å². The summed E-state index contributed by atoms with van der Waals surface area (Å²) in [6, 6.07) is 0. The van der Waals surface area contributed by atoms with Gasteiger partial charge in [-0.1, -0.05) is 6.92 Å². The van der Waals surface area contributed by atoms with E-state index in [0.29, 0.717) is 0 Å². The van der Waals surface area contributed by atoms with E-state index in [0.717, 1.165) is 17.8 Å². The van der Waals surface area contributed by atoms with E-state index in [1.165, 1.54) is 0 Å². The summed E-state index contributed by atoms with van der Waals surface area (Å²) in [5.41, 5.74) is 1.16. The maximum absolute atomic E-state index is 4.60. The van der Waals surface area contributed by atoms with Gasteiger partial charge in [0.15, 0.2) is 0 Å². The molecule has 0 amide bonds.